The molecule has 0 aliphatic heterocycles. The van der Waals surface area contributed by atoms with Crippen LogP contribution in [0.15, 0.2) is 65.4 Å². The quantitative estimate of drug-likeness (QED) is 0.720. The summed E-state index contributed by atoms with van der Waals surface area (Å²) in [5.74, 6) is 1.41. The van der Waals surface area contributed by atoms with Gasteiger partial charge >= 0.3 is 0 Å². The van der Waals surface area contributed by atoms with Gasteiger partial charge in [-0.25, -0.2) is 0 Å². The van der Waals surface area contributed by atoms with Gasteiger partial charge in [0, 0.05) is 18.8 Å². The van der Waals surface area contributed by atoms with Crippen molar-refractivity contribution in [1.29, 1.82) is 0 Å². The molecule has 3 aromatic rings. The van der Waals surface area contributed by atoms with Crippen LogP contribution >= 0.6 is 0 Å². The summed E-state index contributed by atoms with van der Waals surface area (Å²) < 4.78 is 10.5. The summed E-state index contributed by atoms with van der Waals surface area (Å²) in [5, 5.41) is 0. The largest absolute Gasteiger partial charge is 0.497 e. The summed E-state index contributed by atoms with van der Waals surface area (Å²) >= 11 is 0. The minimum absolute atomic E-state index is 0.101. The highest BCUT2D eigenvalue weighted by Crippen LogP contribution is 2.22. The zero-order valence-electron chi connectivity index (χ0n) is 13.6. The Kier molecular flexibility index (Phi) is 4.61. The Hall–Kier alpha value is -3.08. The SMILES string of the molecule is COc1cccc(-c2ccc(C(=O)N(C)Cc3ccco3)cn2)c1. The van der Waals surface area contributed by atoms with E-state index >= 15 is 0 Å². The highest BCUT2D eigenvalue weighted by molar-refractivity contribution is 5.94. The van der Waals surface area contributed by atoms with Crippen molar-refractivity contribution < 1.29 is 13.9 Å². The lowest BCUT2D eigenvalue weighted by Gasteiger charge is -2.15. The Morgan fingerprint density at radius 3 is 2.75 bits per heavy atom. The first-order valence-corrected chi connectivity index (χ1v) is 7.55. The number of pyridine rings is 1. The van der Waals surface area contributed by atoms with Crippen LogP contribution in [0.5, 0.6) is 5.75 Å². The third-order valence-corrected chi connectivity index (χ3v) is 3.70. The smallest absolute Gasteiger partial charge is 0.255 e. The number of hydrogen-bond donors (Lipinski definition) is 0. The fraction of sp³-hybridized carbons (Fsp3) is 0.158. The summed E-state index contributed by atoms with van der Waals surface area (Å²) in [5.41, 5.74) is 2.27. The summed E-state index contributed by atoms with van der Waals surface area (Å²) in [6, 6.07) is 14.9. The number of rotatable bonds is 5. The molecule has 0 aliphatic rings. The molecule has 0 fully saturated rings. The normalized spacial score (nSPS) is 10.4. The molecule has 24 heavy (non-hydrogen) atoms. The number of hydrogen-bond acceptors (Lipinski definition) is 4. The predicted molar refractivity (Wildman–Crippen MR) is 90.7 cm³/mol. The molecule has 0 atom stereocenters. The maximum Gasteiger partial charge on any atom is 0.255 e. The van der Waals surface area contributed by atoms with Crippen LogP contribution in [0.25, 0.3) is 11.3 Å². The van der Waals surface area contributed by atoms with Gasteiger partial charge in [0.15, 0.2) is 0 Å². The minimum Gasteiger partial charge on any atom is -0.497 e. The first kappa shape index (κ1) is 15.8. The van der Waals surface area contributed by atoms with Crippen LogP contribution in [0, 0.1) is 0 Å². The zero-order chi connectivity index (χ0) is 16.9. The number of methoxy groups -OCH3 is 1. The standard InChI is InChI=1S/C19H18N2O3/c1-21(13-17-7-4-10-24-17)19(22)15-8-9-18(20-12-15)14-5-3-6-16(11-14)23-2/h3-12H,13H2,1-2H3. The van der Waals surface area contributed by atoms with Crippen molar-refractivity contribution in [2.45, 2.75) is 6.54 Å². The van der Waals surface area contributed by atoms with E-state index in [9.17, 15) is 4.79 Å². The first-order chi connectivity index (χ1) is 11.7. The molecule has 1 amide bonds. The number of carbonyl (C=O) groups excluding carboxylic acids is 1. The first-order valence-electron chi connectivity index (χ1n) is 7.55. The maximum atomic E-state index is 12.4. The molecule has 0 spiro atoms. The number of benzene rings is 1. The Balaban J connectivity index is 1.74. The predicted octanol–water partition coefficient (Wildman–Crippen LogP) is 3.62. The van der Waals surface area contributed by atoms with Gasteiger partial charge in [-0.1, -0.05) is 12.1 Å². The van der Waals surface area contributed by atoms with Gasteiger partial charge in [-0.2, -0.15) is 0 Å². The van der Waals surface area contributed by atoms with Crippen LogP contribution in [0.1, 0.15) is 16.1 Å². The molecule has 0 unspecified atom stereocenters. The van der Waals surface area contributed by atoms with Crippen molar-refractivity contribution in [2.75, 3.05) is 14.2 Å². The minimum atomic E-state index is -0.101. The lowest BCUT2D eigenvalue weighted by atomic mass is 10.1. The summed E-state index contributed by atoms with van der Waals surface area (Å²) in [6.45, 7) is 0.420. The number of nitrogens with zero attached hydrogens (tertiary/aromatic N) is 2. The third-order valence-electron chi connectivity index (χ3n) is 3.70. The molecule has 0 saturated heterocycles. The van der Waals surface area contributed by atoms with Gasteiger partial charge in [0.05, 0.1) is 31.2 Å². The Bertz CT molecular complexity index is 811. The van der Waals surface area contributed by atoms with E-state index in [0.717, 1.165) is 22.8 Å². The Labute approximate surface area is 140 Å². The van der Waals surface area contributed by atoms with Gasteiger partial charge in [-0.3, -0.25) is 9.78 Å². The second kappa shape index (κ2) is 7.00. The number of furan rings is 1. The molecule has 0 aliphatic carbocycles. The lowest BCUT2D eigenvalue weighted by Crippen LogP contribution is -2.26. The molecular weight excluding hydrogens is 304 g/mol. The highest BCUT2D eigenvalue weighted by atomic mass is 16.5. The number of aromatic nitrogens is 1. The fourth-order valence-corrected chi connectivity index (χ4v) is 2.40. The number of ether oxygens (including phenoxy) is 1. The third kappa shape index (κ3) is 3.46. The van der Waals surface area contributed by atoms with E-state index in [1.807, 2.05) is 36.4 Å². The van der Waals surface area contributed by atoms with Crippen LogP contribution < -0.4 is 4.74 Å². The number of amides is 1. The van der Waals surface area contributed by atoms with Gasteiger partial charge in [0.2, 0.25) is 0 Å². The van der Waals surface area contributed by atoms with E-state index < -0.39 is 0 Å². The summed E-state index contributed by atoms with van der Waals surface area (Å²) in [7, 11) is 3.37. The molecule has 122 valence electrons. The second-order valence-electron chi connectivity index (χ2n) is 5.40. The Morgan fingerprint density at radius 1 is 1.21 bits per heavy atom. The highest BCUT2D eigenvalue weighted by Gasteiger charge is 2.14. The van der Waals surface area contributed by atoms with Crippen LogP contribution in [-0.2, 0) is 6.54 Å². The molecule has 1 aromatic carbocycles. The average Bonchev–Trinajstić information content (AvgIpc) is 3.14. The van der Waals surface area contributed by atoms with Crippen molar-refractivity contribution in [1.82, 2.24) is 9.88 Å². The molecule has 0 bridgehead atoms. The summed E-state index contributed by atoms with van der Waals surface area (Å²) in [4.78, 5) is 18.4. The van der Waals surface area contributed by atoms with Gasteiger partial charge in [0.1, 0.15) is 11.5 Å². The molecule has 0 N–H and O–H groups in total. The molecule has 3 rings (SSSR count). The Morgan fingerprint density at radius 2 is 2.08 bits per heavy atom. The zero-order valence-corrected chi connectivity index (χ0v) is 13.6. The topological polar surface area (TPSA) is 55.6 Å². The average molecular weight is 322 g/mol. The van der Waals surface area contributed by atoms with E-state index in [0.29, 0.717) is 12.1 Å². The molecule has 2 heterocycles. The van der Waals surface area contributed by atoms with Gasteiger partial charge in [0.25, 0.3) is 5.91 Å². The maximum absolute atomic E-state index is 12.4. The van der Waals surface area contributed by atoms with Crippen LogP contribution in [0.2, 0.25) is 0 Å². The molecule has 0 radical (unpaired) electrons. The summed E-state index contributed by atoms with van der Waals surface area (Å²) in [6.07, 6.45) is 3.19. The van der Waals surface area contributed by atoms with E-state index in [1.54, 1.807) is 43.7 Å². The van der Waals surface area contributed by atoms with Gasteiger partial charge in [-0.05, 0) is 36.4 Å². The number of carbonyl (C=O) groups is 1. The van der Waals surface area contributed by atoms with Crippen molar-refractivity contribution in [3.8, 4) is 17.0 Å². The van der Waals surface area contributed by atoms with Gasteiger partial charge in [-0.15, -0.1) is 0 Å². The lowest BCUT2D eigenvalue weighted by molar-refractivity contribution is 0.0775. The van der Waals surface area contributed by atoms with E-state index in [-0.39, 0.29) is 5.91 Å². The monoisotopic (exact) mass is 322 g/mol. The van der Waals surface area contributed by atoms with Crippen molar-refractivity contribution in [3.63, 3.8) is 0 Å². The molecule has 5 nitrogen and oxygen atoms in total. The van der Waals surface area contributed by atoms with Crippen molar-refractivity contribution in [3.05, 3.63) is 72.3 Å². The van der Waals surface area contributed by atoms with Gasteiger partial charge < -0.3 is 14.1 Å². The van der Waals surface area contributed by atoms with E-state index in [1.165, 1.54) is 0 Å². The van der Waals surface area contributed by atoms with Crippen molar-refractivity contribution in [2.24, 2.45) is 0 Å². The molecular formula is C19H18N2O3. The molecule has 5 heteroatoms. The van der Waals surface area contributed by atoms with Crippen molar-refractivity contribution >= 4 is 5.91 Å². The fourth-order valence-electron chi connectivity index (χ4n) is 2.40. The molecule has 2 aromatic heterocycles. The van der Waals surface area contributed by atoms with E-state index in [2.05, 4.69) is 4.98 Å². The van der Waals surface area contributed by atoms with Crippen LogP contribution in [-0.4, -0.2) is 29.9 Å². The van der Waals surface area contributed by atoms with E-state index in [4.69, 9.17) is 9.15 Å². The van der Waals surface area contributed by atoms with Crippen LogP contribution in [0.3, 0.4) is 0 Å². The molecule has 0 saturated carbocycles. The van der Waals surface area contributed by atoms with Crippen LogP contribution in [0.4, 0.5) is 0 Å². The second-order valence-corrected chi connectivity index (χ2v) is 5.40.